The van der Waals surface area contributed by atoms with E-state index in [1.807, 2.05) is 23.1 Å². The Balaban J connectivity index is 0.00000132. The Morgan fingerprint density at radius 1 is 1.22 bits per heavy atom. The Bertz CT molecular complexity index is 507. The van der Waals surface area contributed by atoms with E-state index in [1.165, 1.54) is 0 Å². The van der Waals surface area contributed by atoms with E-state index in [0.717, 1.165) is 49.2 Å². The minimum atomic E-state index is 0. The van der Waals surface area contributed by atoms with E-state index in [9.17, 15) is 4.79 Å². The number of nitrogens with zero attached hydrogens (tertiary/aromatic N) is 2. The van der Waals surface area contributed by atoms with Crippen LogP contribution in [0.1, 0.15) is 0 Å². The average Bonchev–Trinajstić information content (AvgIpc) is 3.09. The highest BCUT2D eigenvalue weighted by atomic mass is 35.5. The van der Waals surface area contributed by atoms with Gasteiger partial charge in [0.25, 0.3) is 0 Å². The SMILES string of the molecule is COc1ccccc1N1CCN(C(=O)[C@H]2CSCN2)CC1.Cl.Cl. The number of nitrogens with one attached hydrogen (secondary N) is 1. The van der Waals surface area contributed by atoms with Crippen molar-refractivity contribution in [3.63, 3.8) is 0 Å². The van der Waals surface area contributed by atoms with Crippen LogP contribution in [0, 0.1) is 0 Å². The van der Waals surface area contributed by atoms with Crippen LogP contribution in [-0.4, -0.2) is 61.8 Å². The summed E-state index contributed by atoms with van der Waals surface area (Å²) in [5, 5.41) is 3.25. The number of hydrogen-bond donors (Lipinski definition) is 1. The van der Waals surface area contributed by atoms with Crippen LogP contribution in [0.2, 0.25) is 0 Å². The number of para-hydroxylation sites is 2. The van der Waals surface area contributed by atoms with Gasteiger partial charge in [-0.25, -0.2) is 0 Å². The van der Waals surface area contributed by atoms with Crippen LogP contribution in [0.4, 0.5) is 5.69 Å². The molecule has 3 rings (SSSR count). The molecular formula is C15H23Cl2N3O2S. The number of hydrogen-bond acceptors (Lipinski definition) is 5. The van der Waals surface area contributed by atoms with Gasteiger partial charge in [0, 0.05) is 37.8 Å². The molecule has 0 saturated carbocycles. The standard InChI is InChI=1S/C15H21N3O2S.2ClH/c1-20-14-5-3-2-4-13(14)17-6-8-18(9-7-17)15(19)12-10-21-11-16-12;;/h2-5,12,16H,6-11H2,1H3;2*1H/t12-;;/m1../s1. The summed E-state index contributed by atoms with van der Waals surface area (Å²) in [7, 11) is 1.70. The van der Waals surface area contributed by atoms with E-state index in [0.29, 0.717) is 0 Å². The summed E-state index contributed by atoms with van der Waals surface area (Å²) < 4.78 is 5.42. The van der Waals surface area contributed by atoms with Crippen molar-refractivity contribution in [1.82, 2.24) is 10.2 Å². The van der Waals surface area contributed by atoms with Gasteiger partial charge in [-0.05, 0) is 12.1 Å². The monoisotopic (exact) mass is 379 g/mol. The third kappa shape index (κ3) is 4.59. The van der Waals surface area contributed by atoms with Gasteiger partial charge < -0.3 is 14.5 Å². The molecule has 2 aliphatic heterocycles. The smallest absolute Gasteiger partial charge is 0.240 e. The van der Waals surface area contributed by atoms with Crippen LogP contribution in [0.3, 0.4) is 0 Å². The molecule has 1 aromatic carbocycles. The van der Waals surface area contributed by atoms with Crippen molar-refractivity contribution in [3.05, 3.63) is 24.3 Å². The maximum atomic E-state index is 12.4. The van der Waals surface area contributed by atoms with Crippen molar-refractivity contribution in [2.45, 2.75) is 6.04 Å². The van der Waals surface area contributed by atoms with Gasteiger partial charge in [-0.15, -0.1) is 36.6 Å². The first-order chi connectivity index (χ1) is 10.3. The molecule has 23 heavy (non-hydrogen) atoms. The summed E-state index contributed by atoms with van der Waals surface area (Å²) in [5.74, 6) is 2.93. The fourth-order valence-corrected chi connectivity index (χ4v) is 3.77. The molecule has 1 aromatic rings. The van der Waals surface area contributed by atoms with Crippen LogP contribution < -0.4 is 15.0 Å². The number of thioether (sulfide) groups is 1. The Kier molecular flexibility index (Phi) is 8.33. The van der Waals surface area contributed by atoms with Crippen molar-refractivity contribution < 1.29 is 9.53 Å². The Morgan fingerprint density at radius 3 is 2.52 bits per heavy atom. The molecule has 0 unspecified atom stereocenters. The largest absolute Gasteiger partial charge is 0.495 e. The van der Waals surface area contributed by atoms with E-state index < -0.39 is 0 Å². The van der Waals surface area contributed by atoms with Gasteiger partial charge in [-0.2, -0.15) is 0 Å². The first-order valence-electron chi connectivity index (χ1n) is 7.27. The quantitative estimate of drug-likeness (QED) is 0.867. The maximum absolute atomic E-state index is 12.4. The zero-order chi connectivity index (χ0) is 14.7. The summed E-state index contributed by atoms with van der Waals surface area (Å²) in [5.41, 5.74) is 1.11. The molecule has 1 amide bonds. The van der Waals surface area contributed by atoms with E-state index in [2.05, 4.69) is 16.3 Å². The van der Waals surface area contributed by atoms with E-state index in [4.69, 9.17) is 4.74 Å². The van der Waals surface area contributed by atoms with Gasteiger partial charge in [0.1, 0.15) is 5.75 Å². The number of amides is 1. The summed E-state index contributed by atoms with van der Waals surface area (Å²) >= 11 is 1.79. The van der Waals surface area contributed by atoms with Crippen LogP contribution in [0.25, 0.3) is 0 Å². The molecule has 5 nitrogen and oxygen atoms in total. The lowest BCUT2D eigenvalue weighted by Crippen LogP contribution is -2.53. The number of carbonyl (C=O) groups excluding carboxylic acids is 1. The van der Waals surface area contributed by atoms with Gasteiger partial charge in [0.2, 0.25) is 5.91 Å². The minimum absolute atomic E-state index is 0. The zero-order valence-corrected chi connectivity index (χ0v) is 15.5. The molecule has 2 aliphatic rings. The number of ether oxygens (including phenoxy) is 1. The van der Waals surface area contributed by atoms with Crippen molar-refractivity contribution in [2.75, 3.05) is 49.8 Å². The van der Waals surface area contributed by atoms with Gasteiger partial charge >= 0.3 is 0 Å². The summed E-state index contributed by atoms with van der Waals surface area (Å²) in [6.45, 7) is 3.26. The van der Waals surface area contributed by atoms with Crippen LogP contribution in [-0.2, 0) is 4.79 Å². The van der Waals surface area contributed by atoms with Crippen LogP contribution in [0.15, 0.2) is 24.3 Å². The molecule has 0 aliphatic carbocycles. The molecule has 0 spiro atoms. The molecule has 2 saturated heterocycles. The molecule has 2 fully saturated rings. The number of rotatable bonds is 3. The highest BCUT2D eigenvalue weighted by molar-refractivity contribution is 7.99. The summed E-state index contributed by atoms with van der Waals surface area (Å²) in [6, 6.07) is 8.06. The van der Waals surface area contributed by atoms with E-state index >= 15 is 0 Å². The second kappa shape index (κ2) is 9.47. The Hall–Kier alpha value is -0.820. The molecule has 0 radical (unpaired) electrons. The topological polar surface area (TPSA) is 44.8 Å². The number of anilines is 1. The van der Waals surface area contributed by atoms with Gasteiger partial charge in [-0.3, -0.25) is 10.1 Å². The van der Waals surface area contributed by atoms with Crippen LogP contribution in [0.5, 0.6) is 5.75 Å². The number of carbonyl (C=O) groups is 1. The van der Waals surface area contributed by atoms with Gasteiger partial charge in [-0.1, -0.05) is 12.1 Å². The Morgan fingerprint density at radius 2 is 1.91 bits per heavy atom. The first-order valence-corrected chi connectivity index (χ1v) is 8.43. The maximum Gasteiger partial charge on any atom is 0.240 e. The molecule has 8 heteroatoms. The molecule has 0 bridgehead atoms. The van der Waals surface area contributed by atoms with Crippen molar-refractivity contribution in [3.8, 4) is 5.75 Å². The van der Waals surface area contributed by atoms with Crippen LogP contribution >= 0.6 is 36.6 Å². The summed E-state index contributed by atoms with van der Waals surface area (Å²) in [6.07, 6.45) is 0. The highest BCUT2D eigenvalue weighted by Crippen LogP contribution is 2.28. The molecule has 1 atom stereocenters. The molecule has 0 aromatic heterocycles. The second-order valence-corrected chi connectivity index (χ2v) is 6.29. The highest BCUT2D eigenvalue weighted by Gasteiger charge is 2.29. The number of piperazine rings is 1. The minimum Gasteiger partial charge on any atom is -0.495 e. The fourth-order valence-electron chi connectivity index (χ4n) is 2.83. The predicted molar refractivity (Wildman–Crippen MR) is 101 cm³/mol. The lowest BCUT2D eigenvalue weighted by molar-refractivity contribution is -0.132. The van der Waals surface area contributed by atoms with E-state index in [1.54, 1.807) is 18.9 Å². The van der Waals surface area contributed by atoms with Crippen molar-refractivity contribution in [2.24, 2.45) is 0 Å². The summed E-state index contributed by atoms with van der Waals surface area (Å²) in [4.78, 5) is 16.6. The molecule has 130 valence electrons. The lowest BCUT2D eigenvalue weighted by Gasteiger charge is -2.37. The number of halogens is 2. The van der Waals surface area contributed by atoms with Crippen molar-refractivity contribution >= 4 is 48.2 Å². The van der Waals surface area contributed by atoms with Crippen molar-refractivity contribution in [1.29, 1.82) is 0 Å². The molecular weight excluding hydrogens is 357 g/mol. The third-order valence-corrected chi connectivity index (χ3v) is 4.97. The molecule has 1 N–H and O–H groups in total. The second-order valence-electron chi connectivity index (χ2n) is 5.26. The molecule has 2 heterocycles. The number of methoxy groups -OCH3 is 1. The van der Waals surface area contributed by atoms with E-state index in [-0.39, 0.29) is 36.8 Å². The first kappa shape index (κ1) is 20.2. The normalized spacial score (nSPS) is 20.5. The zero-order valence-electron chi connectivity index (χ0n) is 13.1. The Labute approximate surface area is 153 Å². The fraction of sp³-hybridized carbons (Fsp3) is 0.533. The average molecular weight is 380 g/mol. The van der Waals surface area contributed by atoms with Gasteiger partial charge in [0.05, 0.1) is 18.8 Å². The number of benzene rings is 1. The predicted octanol–water partition coefficient (Wildman–Crippen LogP) is 1.85. The van der Waals surface area contributed by atoms with Gasteiger partial charge in [0.15, 0.2) is 0 Å². The lowest BCUT2D eigenvalue weighted by atomic mass is 10.2. The third-order valence-electron chi connectivity index (χ3n) is 4.03.